The molecule has 1 aliphatic heterocycles. The molecule has 0 aromatic heterocycles. The maximum Gasteiger partial charge on any atom is 0.252 e. The summed E-state index contributed by atoms with van der Waals surface area (Å²) in [4.78, 5) is 27.6. The van der Waals surface area contributed by atoms with Crippen LogP contribution in [0.3, 0.4) is 0 Å². The van der Waals surface area contributed by atoms with Crippen molar-refractivity contribution in [3.8, 4) is 0 Å². The number of anilines is 2. The molecule has 7 heteroatoms. The van der Waals surface area contributed by atoms with Gasteiger partial charge in [-0.15, -0.1) is 0 Å². The van der Waals surface area contributed by atoms with Crippen LogP contribution >= 0.6 is 0 Å². The number of amides is 2. The van der Waals surface area contributed by atoms with Crippen LogP contribution < -0.4 is 15.5 Å². The molecule has 1 heterocycles. The van der Waals surface area contributed by atoms with Crippen molar-refractivity contribution in [2.24, 2.45) is 5.92 Å². The molecule has 3 rings (SSSR count). The summed E-state index contributed by atoms with van der Waals surface area (Å²) in [6.07, 6.45) is 0.470. The zero-order valence-corrected chi connectivity index (χ0v) is 18.3. The molecule has 31 heavy (non-hydrogen) atoms. The Labute approximate surface area is 182 Å². The van der Waals surface area contributed by atoms with Gasteiger partial charge in [0.05, 0.1) is 18.9 Å². The Bertz CT molecular complexity index is 926. The van der Waals surface area contributed by atoms with Crippen molar-refractivity contribution in [2.75, 3.05) is 36.5 Å². The predicted molar refractivity (Wildman–Crippen MR) is 120 cm³/mol. The molecule has 1 atom stereocenters. The van der Waals surface area contributed by atoms with Crippen molar-refractivity contribution in [2.45, 2.75) is 33.2 Å². The minimum Gasteiger partial charge on any atom is -0.378 e. The van der Waals surface area contributed by atoms with E-state index in [0.717, 1.165) is 5.56 Å². The molecular weight excluding hydrogens is 397 g/mol. The Morgan fingerprint density at radius 2 is 1.84 bits per heavy atom. The van der Waals surface area contributed by atoms with Crippen molar-refractivity contribution in [1.29, 1.82) is 0 Å². The monoisotopic (exact) mass is 427 g/mol. The van der Waals surface area contributed by atoms with Crippen molar-refractivity contribution >= 4 is 23.2 Å². The third kappa shape index (κ3) is 6.04. The summed E-state index contributed by atoms with van der Waals surface area (Å²) in [6, 6.07) is 11.2. The van der Waals surface area contributed by atoms with Crippen LogP contribution in [0.5, 0.6) is 0 Å². The number of carbonyl (C=O) groups excluding carboxylic acids is 2. The molecule has 2 aromatic carbocycles. The van der Waals surface area contributed by atoms with Crippen LogP contribution in [0.4, 0.5) is 15.8 Å². The SMILES string of the molecule is Cc1ccccc1C(=O)NC(CC(C)C)C(=O)Nc1ccc(N2CCOCC2)c(F)c1. The van der Waals surface area contributed by atoms with E-state index in [1.165, 1.54) is 6.07 Å². The lowest BCUT2D eigenvalue weighted by atomic mass is 10.0. The van der Waals surface area contributed by atoms with Gasteiger partial charge in [0, 0.05) is 24.3 Å². The zero-order valence-electron chi connectivity index (χ0n) is 18.3. The second-order valence-corrected chi connectivity index (χ2v) is 8.23. The first-order valence-corrected chi connectivity index (χ1v) is 10.6. The first kappa shape index (κ1) is 22.7. The van der Waals surface area contributed by atoms with Gasteiger partial charge in [-0.1, -0.05) is 32.0 Å². The quantitative estimate of drug-likeness (QED) is 0.706. The molecule has 0 radical (unpaired) electrons. The molecule has 0 saturated carbocycles. The molecule has 1 unspecified atom stereocenters. The number of rotatable bonds is 7. The molecule has 2 amide bonds. The summed E-state index contributed by atoms with van der Waals surface area (Å²) in [7, 11) is 0. The standard InChI is InChI=1S/C24H30FN3O3/c1-16(2)14-21(27-23(29)19-7-5-4-6-17(19)3)24(30)26-18-8-9-22(20(25)15-18)28-10-12-31-13-11-28/h4-9,15-16,21H,10-14H2,1-3H3,(H,26,30)(H,27,29). The van der Waals surface area contributed by atoms with E-state index in [2.05, 4.69) is 10.6 Å². The summed E-state index contributed by atoms with van der Waals surface area (Å²) < 4.78 is 20.0. The maximum atomic E-state index is 14.7. The maximum absolute atomic E-state index is 14.7. The number of benzene rings is 2. The minimum absolute atomic E-state index is 0.188. The van der Waals surface area contributed by atoms with E-state index in [0.29, 0.717) is 49.7 Å². The lowest BCUT2D eigenvalue weighted by Gasteiger charge is -2.29. The second-order valence-electron chi connectivity index (χ2n) is 8.23. The van der Waals surface area contributed by atoms with Crippen molar-refractivity contribution in [1.82, 2.24) is 5.32 Å². The third-order valence-corrected chi connectivity index (χ3v) is 5.29. The molecule has 1 saturated heterocycles. The van der Waals surface area contributed by atoms with Gasteiger partial charge >= 0.3 is 0 Å². The first-order chi connectivity index (χ1) is 14.8. The molecule has 0 bridgehead atoms. The number of morpholine rings is 1. The van der Waals surface area contributed by atoms with Gasteiger partial charge in [0.1, 0.15) is 11.9 Å². The van der Waals surface area contributed by atoms with Gasteiger partial charge in [0.15, 0.2) is 0 Å². The highest BCUT2D eigenvalue weighted by Gasteiger charge is 2.24. The Morgan fingerprint density at radius 1 is 1.13 bits per heavy atom. The van der Waals surface area contributed by atoms with E-state index in [-0.39, 0.29) is 17.7 Å². The summed E-state index contributed by atoms with van der Waals surface area (Å²) in [6.45, 7) is 8.21. The molecule has 1 aliphatic rings. The van der Waals surface area contributed by atoms with Gasteiger partial charge in [0.2, 0.25) is 5.91 Å². The number of nitrogens with zero attached hydrogens (tertiary/aromatic N) is 1. The van der Waals surface area contributed by atoms with E-state index in [9.17, 15) is 14.0 Å². The topological polar surface area (TPSA) is 70.7 Å². The largest absolute Gasteiger partial charge is 0.378 e. The van der Waals surface area contributed by atoms with E-state index in [4.69, 9.17) is 4.74 Å². The smallest absolute Gasteiger partial charge is 0.252 e. The van der Waals surface area contributed by atoms with Crippen molar-refractivity contribution in [3.63, 3.8) is 0 Å². The van der Waals surface area contributed by atoms with Gasteiger partial charge in [-0.2, -0.15) is 0 Å². The van der Waals surface area contributed by atoms with Gasteiger partial charge < -0.3 is 20.3 Å². The average Bonchev–Trinajstić information content (AvgIpc) is 2.74. The summed E-state index contributed by atoms with van der Waals surface area (Å²) in [5.41, 5.74) is 2.22. The fourth-order valence-electron chi connectivity index (χ4n) is 3.64. The fourth-order valence-corrected chi connectivity index (χ4v) is 3.64. The number of aryl methyl sites for hydroxylation is 1. The molecule has 166 valence electrons. The number of hydrogen-bond acceptors (Lipinski definition) is 4. The van der Waals surface area contributed by atoms with Crippen LogP contribution in [-0.2, 0) is 9.53 Å². The predicted octanol–water partition coefficient (Wildman–Crippen LogP) is 3.75. The summed E-state index contributed by atoms with van der Waals surface area (Å²) in [5.74, 6) is -0.876. The molecule has 2 aromatic rings. The lowest BCUT2D eigenvalue weighted by molar-refractivity contribution is -0.118. The van der Waals surface area contributed by atoms with Crippen molar-refractivity contribution in [3.05, 3.63) is 59.4 Å². The summed E-state index contributed by atoms with van der Waals surface area (Å²) >= 11 is 0. The van der Waals surface area contributed by atoms with Crippen LogP contribution in [0.25, 0.3) is 0 Å². The summed E-state index contributed by atoms with van der Waals surface area (Å²) in [5, 5.41) is 5.59. The molecule has 2 N–H and O–H groups in total. The number of ether oxygens (including phenoxy) is 1. The van der Waals surface area contributed by atoms with Gasteiger partial charge in [0.25, 0.3) is 5.91 Å². The lowest BCUT2D eigenvalue weighted by Crippen LogP contribution is -2.44. The van der Waals surface area contributed by atoms with Crippen LogP contribution in [0.1, 0.15) is 36.2 Å². The molecule has 0 spiro atoms. The first-order valence-electron chi connectivity index (χ1n) is 10.6. The van der Waals surface area contributed by atoms with Crippen LogP contribution in [0.15, 0.2) is 42.5 Å². The third-order valence-electron chi connectivity index (χ3n) is 5.29. The Hall–Kier alpha value is -2.93. The highest BCUT2D eigenvalue weighted by atomic mass is 19.1. The minimum atomic E-state index is -0.728. The van der Waals surface area contributed by atoms with E-state index >= 15 is 0 Å². The highest BCUT2D eigenvalue weighted by Crippen LogP contribution is 2.24. The Balaban J connectivity index is 1.71. The normalized spacial score (nSPS) is 14.9. The van der Waals surface area contributed by atoms with E-state index in [1.54, 1.807) is 24.3 Å². The van der Waals surface area contributed by atoms with Gasteiger partial charge in [-0.3, -0.25) is 9.59 Å². The molecule has 6 nitrogen and oxygen atoms in total. The Kier molecular flexibility index (Phi) is 7.63. The Morgan fingerprint density at radius 3 is 2.48 bits per heavy atom. The second kappa shape index (κ2) is 10.4. The van der Waals surface area contributed by atoms with Gasteiger partial charge in [-0.25, -0.2) is 4.39 Å². The fraction of sp³-hybridized carbons (Fsp3) is 0.417. The van der Waals surface area contributed by atoms with Gasteiger partial charge in [-0.05, 0) is 49.1 Å². The highest BCUT2D eigenvalue weighted by molar-refractivity contribution is 6.01. The molecular formula is C24H30FN3O3. The number of nitrogens with one attached hydrogen (secondary N) is 2. The van der Waals surface area contributed by atoms with Crippen LogP contribution in [-0.4, -0.2) is 44.2 Å². The molecule has 1 fully saturated rings. The van der Waals surface area contributed by atoms with E-state index < -0.39 is 11.9 Å². The van der Waals surface area contributed by atoms with Crippen LogP contribution in [0, 0.1) is 18.7 Å². The molecule has 0 aliphatic carbocycles. The number of hydrogen-bond donors (Lipinski definition) is 2. The van der Waals surface area contributed by atoms with Crippen molar-refractivity contribution < 1.29 is 18.7 Å². The number of halogens is 1. The van der Waals surface area contributed by atoms with E-state index in [1.807, 2.05) is 37.8 Å². The average molecular weight is 428 g/mol. The zero-order chi connectivity index (χ0) is 22.4. The van der Waals surface area contributed by atoms with Crippen LogP contribution in [0.2, 0.25) is 0 Å². The number of carbonyl (C=O) groups is 2.